The SMILES string of the molecule is CC(C)(C)OC(=O)N1CC[C@@H](N)C[C@@H](O)C1. The van der Waals surface area contributed by atoms with Gasteiger partial charge >= 0.3 is 6.09 Å². The molecule has 1 saturated heterocycles. The zero-order valence-electron chi connectivity index (χ0n) is 10.3. The van der Waals surface area contributed by atoms with E-state index >= 15 is 0 Å². The molecule has 3 N–H and O–H groups in total. The van der Waals surface area contributed by atoms with Gasteiger partial charge in [-0.25, -0.2) is 4.79 Å². The Kier molecular flexibility index (Phi) is 4.15. The van der Waals surface area contributed by atoms with Gasteiger partial charge in [-0.15, -0.1) is 0 Å². The maximum atomic E-state index is 11.8. The van der Waals surface area contributed by atoms with Gasteiger partial charge in [-0.05, 0) is 33.6 Å². The van der Waals surface area contributed by atoms with Gasteiger partial charge < -0.3 is 20.5 Å². The molecule has 0 radical (unpaired) electrons. The minimum atomic E-state index is -0.551. The van der Waals surface area contributed by atoms with Gasteiger partial charge in [0.1, 0.15) is 5.60 Å². The van der Waals surface area contributed by atoms with Crippen molar-refractivity contribution in [1.29, 1.82) is 0 Å². The Morgan fingerprint density at radius 1 is 1.50 bits per heavy atom. The van der Waals surface area contributed by atoms with Gasteiger partial charge in [0, 0.05) is 19.1 Å². The Balaban J connectivity index is 2.55. The Bertz CT molecular complexity index is 250. The molecule has 0 aliphatic carbocycles. The zero-order chi connectivity index (χ0) is 12.3. The van der Waals surface area contributed by atoms with Crippen LogP contribution < -0.4 is 5.73 Å². The van der Waals surface area contributed by atoms with E-state index in [0.29, 0.717) is 25.9 Å². The first-order valence-electron chi connectivity index (χ1n) is 5.69. The molecule has 0 bridgehead atoms. The van der Waals surface area contributed by atoms with Crippen molar-refractivity contribution in [3.63, 3.8) is 0 Å². The standard InChI is InChI=1S/C11H22N2O3/c1-11(2,3)16-10(15)13-5-4-8(12)6-9(14)7-13/h8-9,14H,4-7,12H2,1-3H3/t8-,9-/m1/s1. The van der Waals surface area contributed by atoms with Crippen LogP contribution in [0.4, 0.5) is 4.79 Å². The number of aliphatic hydroxyl groups is 1. The van der Waals surface area contributed by atoms with Crippen molar-refractivity contribution in [2.45, 2.75) is 51.4 Å². The number of rotatable bonds is 0. The fourth-order valence-corrected chi connectivity index (χ4v) is 1.70. The first-order chi connectivity index (χ1) is 7.28. The molecule has 0 aromatic rings. The van der Waals surface area contributed by atoms with Gasteiger partial charge in [0.15, 0.2) is 0 Å². The fraction of sp³-hybridized carbons (Fsp3) is 0.909. The molecule has 0 aromatic heterocycles. The number of amides is 1. The quantitative estimate of drug-likeness (QED) is 0.642. The summed E-state index contributed by atoms with van der Waals surface area (Å²) >= 11 is 0. The molecule has 5 heteroatoms. The van der Waals surface area contributed by atoms with Gasteiger partial charge in [0.2, 0.25) is 0 Å². The molecule has 1 aliphatic heterocycles. The van der Waals surface area contributed by atoms with Crippen molar-refractivity contribution < 1.29 is 14.6 Å². The first kappa shape index (κ1) is 13.3. The number of likely N-dealkylation sites (tertiary alicyclic amines) is 1. The molecule has 0 spiro atoms. The summed E-state index contributed by atoms with van der Waals surface area (Å²) in [5.41, 5.74) is 5.27. The van der Waals surface area contributed by atoms with Crippen LogP contribution in [0.5, 0.6) is 0 Å². The van der Waals surface area contributed by atoms with E-state index in [0.717, 1.165) is 0 Å². The van der Waals surface area contributed by atoms with Crippen LogP contribution in [0.15, 0.2) is 0 Å². The van der Waals surface area contributed by atoms with Crippen LogP contribution in [0.25, 0.3) is 0 Å². The van der Waals surface area contributed by atoms with E-state index in [9.17, 15) is 9.90 Å². The van der Waals surface area contributed by atoms with E-state index in [-0.39, 0.29) is 12.1 Å². The average Bonchev–Trinajstić information content (AvgIpc) is 2.23. The highest BCUT2D eigenvalue weighted by atomic mass is 16.6. The Hall–Kier alpha value is -0.810. The summed E-state index contributed by atoms with van der Waals surface area (Å²) in [4.78, 5) is 13.3. The number of hydrogen-bond acceptors (Lipinski definition) is 4. The lowest BCUT2D eigenvalue weighted by atomic mass is 10.1. The number of β-amino-alcohol motifs (C(OH)–C–C–N with tert-alkyl or cyclic N) is 1. The van der Waals surface area contributed by atoms with Gasteiger partial charge in [-0.1, -0.05) is 0 Å². The minimum absolute atomic E-state index is 0.0394. The second-order valence-electron chi connectivity index (χ2n) is 5.36. The van der Waals surface area contributed by atoms with Crippen molar-refractivity contribution in [3.05, 3.63) is 0 Å². The molecule has 94 valence electrons. The molecule has 16 heavy (non-hydrogen) atoms. The molecular weight excluding hydrogens is 208 g/mol. The van der Waals surface area contributed by atoms with E-state index in [1.54, 1.807) is 0 Å². The molecule has 5 nitrogen and oxygen atoms in total. The van der Waals surface area contributed by atoms with Crippen LogP contribution in [0.2, 0.25) is 0 Å². The number of nitrogens with two attached hydrogens (primary N) is 1. The minimum Gasteiger partial charge on any atom is -0.444 e. The van der Waals surface area contributed by atoms with Crippen molar-refractivity contribution in [2.75, 3.05) is 13.1 Å². The molecule has 1 aliphatic rings. The predicted octanol–water partition coefficient (Wildman–Crippen LogP) is 0.705. The number of hydrogen-bond donors (Lipinski definition) is 2. The Labute approximate surface area is 96.6 Å². The van der Waals surface area contributed by atoms with Crippen LogP contribution in [-0.4, -0.2) is 46.9 Å². The average molecular weight is 230 g/mol. The number of carbonyl (C=O) groups excluding carboxylic acids is 1. The van der Waals surface area contributed by atoms with Crippen molar-refractivity contribution in [2.24, 2.45) is 5.73 Å². The molecule has 0 aromatic carbocycles. The van der Waals surface area contributed by atoms with Crippen molar-refractivity contribution >= 4 is 6.09 Å². The summed E-state index contributed by atoms with van der Waals surface area (Å²) in [5.74, 6) is 0. The van der Waals surface area contributed by atoms with Crippen molar-refractivity contribution in [1.82, 2.24) is 4.90 Å². The lowest BCUT2D eigenvalue weighted by Crippen LogP contribution is -2.40. The third-order valence-corrected chi connectivity index (χ3v) is 2.43. The van der Waals surface area contributed by atoms with E-state index in [1.807, 2.05) is 20.8 Å². The fourth-order valence-electron chi connectivity index (χ4n) is 1.70. The lowest BCUT2D eigenvalue weighted by molar-refractivity contribution is 0.0173. The monoisotopic (exact) mass is 230 g/mol. The number of nitrogens with zero attached hydrogens (tertiary/aromatic N) is 1. The van der Waals surface area contributed by atoms with Crippen LogP contribution in [-0.2, 0) is 4.74 Å². The topological polar surface area (TPSA) is 75.8 Å². The summed E-state index contributed by atoms with van der Waals surface area (Å²) in [7, 11) is 0. The predicted molar refractivity (Wildman–Crippen MR) is 61.0 cm³/mol. The summed E-state index contributed by atoms with van der Waals surface area (Å²) in [6, 6.07) is -0.0394. The smallest absolute Gasteiger partial charge is 0.410 e. The first-order valence-corrected chi connectivity index (χ1v) is 5.69. The lowest BCUT2D eigenvalue weighted by Gasteiger charge is -2.27. The summed E-state index contributed by atoms with van der Waals surface area (Å²) in [5, 5.41) is 9.65. The van der Waals surface area contributed by atoms with E-state index in [1.165, 1.54) is 4.90 Å². The van der Waals surface area contributed by atoms with Gasteiger partial charge in [0.05, 0.1) is 6.10 Å². The van der Waals surface area contributed by atoms with Crippen molar-refractivity contribution in [3.8, 4) is 0 Å². The maximum absolute atomic E-state index is 11.8. The Morgan fingerprint density at radius 3 is 2.69 bits per heavy atom. The molecular formula is C11H22N2O3. The molecule has 1 fully saturated rings. The molecule has 1 amide bonds. The highest BCUT2D eigenvalue weighted by Gasteiger charge is 2.27. The Morgan fingerprint density at radius 2 is 2.12 bits per heavy atom. The van der Waals surface area contributed by atoms with Gasteiger partial charge in [0.25, 0.3) is 0 Å². The van der Waals surface area contributed by atoms with Crippen LogP contribution >= 0.6 is 0 Å². The van der Waals surface area contributed by atoms with Gasteiger partial charge in [-0.2, -0.15) is 0 Å². The number of carbonyl (C=O) groups is 1. The van der Waals surface area contributed by atoms with E-state index < -0.39 is 11.7 Å². The number of ether oxygens (including phenoxy) is 1. The van der Waals surface area contributed by atoms with Crippen LogP contribution in [0.1, 0.15) is 33.6 Å². The third-order valence-electron chi connectivity index (χ3n) is 2.43. The highest BCUT2D eigenvalue weighted by Crippen LogP contribution is 2.14. The second-order valence-corrected chi connectivity index (χ2v) is 5.36. The molecule has 2 atom stereocenters. The summed E-state index contributed by atoms with van der Waals surface area (Å²) in [6.45, 7) is 6.33. The zero-order valence-corrected chi connectivity index (χ0v) is 10.3. The second kappa shape index (κ2) is 5.01. The molecule has 1 heterocycles. The summed E-state index contributed by atoms with van der Waals surface area (Å²) in [6.07, 6.45) is 0.320. The molecule has 1 rings (SSSR count). The normalized spacial score (nSPS) is 27.4. The van der Waals surface area contributed by atoms with Crippen LogP contribution in [0, 0.1) is 0 Å². The van der Waals surface area contributed by atoms with Crippen LogP contribution in [0.3, 0.4) is 0 Å². The van der Waals surface area contributed by atoms with E-state index in [2.05, 4.69) is 0 Å². The largest absolute Gasteiger partial charge is 0.444 e. The van der Waals surface area contributed by atoms with E-state index in [4.69, 9.17) is 10.5 Å². The maximum Gasteiger partial charge on any atom is 0.410 e. The third kappa shape index (κ3) is 4.37. The highest BCUT2D eigenvalue weighted by molar-refractivity contribution is 5.68. The number of aliphatic hydroxyl groups excluding tert-OH is 1. The molecule has 0 saturated carbocycles. The molecule has 0 unspecified atom stereocenters. The summed E-state index contributed by atoms with van der Waals surface area (Å²) < 4.78 is 5.25. The van der Waals surface area contributed by atoms with Gasteiger partial charge in [-0.3, -0.25) is 0 Å².